The molecule has 0 saturated carbocycles. The summed E-state index contributed by atoms with van der Waals surface area (Å²) in [6.07, 6.45) is 1.79. The van der Waals surface area contributed by atoms with Gasteiger partial charge < -0.3 is 5.73 Å². The minimum absolute atomic E-state index is 0.480. The van der Waals surface area contributed by atoms with E-state index in [1.807, 2.05) is 6.07 Å². The van der Waals surface area contributed by atoms with Gasteiger partial charge in [0.2, 0.25) is 0 Å². The maximum Gasteiger partial charge on any atom is 0.0678 e. The lowest BCUT2D eigenvalue weighted by Gasteiger charge is -2.09. The maximum absolute atomic E-state index is 5.69. The van der Waals surface area contributed by atoms with Gasteiger partial charge in [-0.15, -0.1) is 0 Å². The first-order chi connectivity index (χ1) is 8.20. The maximum atomic E-state index is 5.69. The molecule has 0 bridgehead atoms. The number of aromatic nitrogens is 1. The highest BCUT2D eigenvalue weighted by Crippen LogP contribution is 2.31. The van der Waals surface area contributed by atoms with Crippen LogP contribution in [0.15, 0.2) is 46.3 Å². The summed E-state index contributed by atoms with van der Waals surface area (Å²) in [5.41, 5.74) is 9.23. The molecule has 1 aromatic heterocycles. The van der Waals surface area contributed by atoms with Crippen molar-refractivity contribution in [1.29, 1.82) is 0 Å². The fourth-order valence-electron chi connectivity index (χ4n) is 1.70. The number of hydrogen-bond acceptors (Lipinski definition) is 3. The zero-order chi connectivity index (χ0) is 12.3. The first-order valence-electron chi connectivity index (χ1n) is 5.60. The van der Waals surface area contributed by atoms with Crippen LogP contribution >= 0.6 is 11.8 Å². The second kappa shape index (κ2) is 5.34. The molecular weight excluding hydrogens is 228 g/mol. The molecule has 0 atom stereocenters. The number of pyridine rings is 1. The van der Waals surface area contributed by atoms with Gasteiger partial charge in [0.15, 0.2) is 0 Å². The molecule has 0 radical (unpaired) electrons. The van der Waals surface area contributed by atoms with Crippen molar-refractivity contribution in [3.8, 4) is 0 Å². The Balaban J connectivity index is 2.31. The Morgan fingerprint density at radius 2 is 2.00 bits per heavy atom. The van der Waals surface area contributed by atoms with E-state index in [1.54, 1.807) is 18.0 Å². The van der Waals surface area contributed by atoms with Crippen molar-refractivity contribution in [2.45, 2.75) is 30.2 Å². The summed E-state index contributed by atoms with van der Waals surface area (Å²) in [4.78, 5) is 6.70. The lowest BCUT2D eigenvalue weighted by molar-refractivity contribution is 0.943. The third-order valence-corrected chi connectivity index (χ3v) is 3.86. The van der Waals surface area contributed by atoms with Gasteiger partial charge in [-0.3, -0.25) is 4.98 Å². The summed E-state index contributed by atoms with van der Waals surface area (Å²) < 4.78 is 0. The van der Waals surface area contributed by atoms with Crippen LogP contribution in [0, 0.1) is 13.8 Å². The summed E-state index contributed by atoms with van der Waals surface area (Å²) in [6.45, 7) is 4.72. The number of nitrogens with two attached hydrogens (primary N) is 1. The summed E-state index contributed by atoms with van der Waals surface area (Å²) >= 11 is 1.73. The standard InChI is InChI=1S/C14H16N2S/c1-10-5-6-13(11(2)8-10)17-14-4-3-7-16-12(14)9-15/h3-8H,9,15H2,1-2H3. The number of benzene rings is 1. The van der Waals surface area contributed by atoms with Gasteiger partial charge in [0.1, 0.15) is 0 Å². The molecule has 1 heterocycles. The molecule has 0 fully saturated rings. The Bertz CT molecular complexity index is 523. The Hall–Kier alpha value is -1.32. The van der Waals surface area contributed by atoms with Gasteiger partial charge in [-0.25, -0.2) is 0 Å². The molecule has 88 valence electrons. The molecule has 0 amide bonds. The molecule has 0 aliphatic heterocycles. The second-order valence-corrected chi connectivity index (χ2v) is 5.11. The van der Waals surface area contributed by atoms with Crippen LogP contribution in [0.4, 0.5) is 0 Å². The van der Waals surface area contributed by atoms with Crippen molar-refractivity contribution >= 4 is 11.8 Å². The lowest BCUT2D eigenvalue weighted by atomic mass is 10.2. The van der Waals surface area contributed by atoms with Crippen molar-refractivity contribution in [1.82, 2.24) is 4.98 Å². The molecule has 3 heteroatoms. The highest BCUT2D eigenvalue weighted by molar-refractivity contribution is 7.99. The first kappa shape index (κ1) is 12.1. The molecular formula is C14H16N2S. The first-order valence-corrected chi connectivity index (χ1v) is 6.41. The minimum atomic E-state index is 0.480. The van der Waals surface area contributed by atoms with Crippen molar-refractivity contribution in [2.75, 3.05) is 0 Å². The number of rotatable bonds is 3. The molecule has 0 aliphatic carbocycles. The highest BCUT2D eigenvalue weighted by Gasteiger charge is 2.05. The smallest absolute Gasteiger partial charge is 0.0678 e. The zero-order valence-corrected chi connectivity index (χ0v) is 10.9. The van der Waals surface area contributed by atoms with Gasteiger partial charge in [-0.2, -0.15) is 0 Å². The van der Waals surface area contributed by atoms with Crippen LogP contribution in [0.1, 0.15) is 16.8 Å². The van der Waals surface area contributed by atoms with E-state index in [0.29, 0.717) is 6.54 Å². The van der Waals surface area contributed by atoms with E-state index in [-0.39, 0.29) is 0 Å². The van der Waals surface area contributed by atoms with Gasteiger partial charge in [0, 0.05) is 22.5 Å². The summed E-state index contributed by atoms with van der Waals surface area (Å²) in [7, 11) is 0. The monoisotopic (exact) mass is 244 g/mol. The lowest BCUT2D eigenvalue weighted by Crippen LogP contribution is -2.00. The van der Waals surface area contributed by atoms with E-state index in [9.17, 15) is 0 Å². The van der Waals surface area contributed by atoms with Crippen LogP contribution in [0.5, 0.6) is 0 Å². The van der Waals surface area contributed by atoms with E-state index in [1.165, 1.54) is 16.0 Å². The van der Waals surface area contributed by atoms with E-state index >= 15 is 0 Å². The predicted molar refractivity (Wildman–Crippen MR) is 72.2 cm³/mol. The van der Waals surface area contributed by atoms with Gasteiger partial charge in [-0.1, -0.05) is 29.5 Å². The largest absolute Gasteiger partial charge is 0.325 e. The molecule has 2 aromatic rings. The van der Waals surface area contributed by atoms with E-state index in [0.717, 1.165) is 10.6 Å². The Kier molecular flexibility index (Phi) is 3.82. The highest BCUT2D eigenvalue weighted by atomic mass is 32.2. The molecule has 2 rings (SSSR count). The molecule has 1 aromatic carbocycles. The summed E-state index contributed by atoms with van der Waals surface area (Å²) in [6, 6.07) is 10.5. The summed E-state index contributed by atoms with van der Waals surface area (Å²) in [5.74, 6) is 0. The van der Waals surface area contributed by atoms with Crippen molar-refractivity contribution < 1.29 is 0 Å². The third kappa shape index (κ3) is 2.87. The van der Waals surface area contributed by atoms with Crippen LogP contribution in [0.25, 0.3) is 0 Å². The Morgan fingerprint density at radius 1 is 1.18 bits per heavy atom. The van der Waals surface area contributed by atoms with Crippen LogP contribution in [0.3, 0.4) is 0 Å². The van der Waals surface area contributed by atoms with Gasteiger partial charge in [0.05, 0.1) is 5.69 Å². The second-order valence-electron chi connectivity index (χ2n) is 4.02. The van der Waals surface area contributed by atoms with E-state index in [2.05, 4.69) is 43.1 Å². The Labute approximate surface area is 106 Å². The van der Waals surface area contributed by atoms with Crippen molar-refractivity contribution in [3.63, 3.8) is 0 Å². The SMILES string of the molecule is Cc1ccc(Sc2cccnc2CN)c(C)c1. The Morgan fingerprint density at radius 3 is 2.71 bits per heavy atom. The third-order valence-electron chi connectivity index (χ3n) is 2.59. The molecule has 17 heavy (non-hydrogen) atoms. The normalized spacial score (nSPS) is 10.5. The van der Waals surface area contributed by atoms with E-state index in [4.69, 9.17) is 5.73 Å². The number of aryl methyl sites for hydroxylation is 2. The average molecular weight is 244 g/mol. The van der Waals surface area contributed by atoms with Crippen LogP contribution in [-0.4, -0.2) is 4.98 Å². The van der Waals surface area contributed by atoms with Crippen LogP contribution < -0.4 is 5.73 Å². The molecule has 0 saturated heterocycles. The van der Waals surface area contributed by atoms with Crippen molar-refractivity contribution in [2.24, 2.45) is 5.73 Å². The van der Waals surface area contributed by atoms with Gasteiger partial charge in [-0.05, 0) is 37.6 Å². The van der Waals surface area contributed by atoms with Gasteiger partial charge in [0.25, 0.3) is 0 Å². The minimum Gasteiger partial charge on any atom is -0.325 e. The topological polar surface area (TPSA) is 38.9 Å². The number of hydrogen-bond donors (Lipinski definition) is 1. The van der Waals surface area contributed by atoms with Crippen molar-refractivity contribution in [3.05, 3.63) is 53.3 Å². The fourth-order valence-corrected chi connectivity index (χ4v) is 2.70. The predicted octanol–water partition coefficient (Wildman–Crippen LogP) is 3.31. The average Bonchev–Trinajstić information content (AvgIpc) is 2.33. The zero-order valence-electron chi connectivity index (χ0n) is 10.1. The molecule has 0 spiro atoms. The molecule has 2 N–H and O–H groups in total. The van der Waals surface area contributed by atoms with E-state index < -0.39 is 0 Å². The van der Waals surface area contributed by atoms with Crippen LogP contribution in [-0.2, 0) is 6.54 Å². The van der Waals surface area contributed by atoms with Gasteiger partial charge >= 0.3 is 0 Å². The molecule has 0 aliphatic rings. The quantitative estimate of drug-likeness (QED) is 0.900. The fraction of sp³-hybridized carbons (Fsp3) is 0.214. The van der Waals surface area contributed by atoms with Crippen LogP contribution in [0.2, 0.25) is 0 Å². The number of nitrogens with zero attached hydrogens (tertiary/aromatic N) is 1. The summed E-state index contributed by atoms with van der Waals surface area (Å²) in [5, 5.41) is 0. The molecule has 2 nitrogen and oxygen atoms in total. The molecule has 0 unspecified atom stereocenters.